The molecule has 15 N–H and O–H groups in total. The predicted octanol–water partition coefficient (Wildman–Crippen LogP) is 0.120. The highest BCUT2D eigenvalue weighted by Gasteiger charge is 2.31. The zero-order chi connectivity index (χ0) is 42.2. The van der Waals surface area contributed by atoms with Gasteiger partial charge >= 0.3 is 5.63 Å². The summed E-state index contributed by atoms with van der Waals surface area (Å²) in [5, 5.41) is 21.3. The summed E-state index contributed by atoms with van der Waals surface area (Å²) in [4.78, 5) is 75.2. The van der Waals surface area contributed by atoms with Gasteiger partial charge < -0.3 is 59.5 Å². The molecule has 58 heavy (non-hydrogen) atoms. The topological polar surface area (TPSA) is 322 Å². The molecular weight excluding hydrogens is 747 g/mol. The zero-order valence-electron chi connectivity index (χ0n) is 32.1. The number of phenols is 1. The Kier molecular flexibility index (Phi) is 16.1. The predicted molar refractivity (Wildman–Crippen MR) is 221 cm³/mol. The molecule has 1 aromatic heterocycles. The minimum Gasteiger partial charge on any atom is -0.508 e. The number of carbonyl (C=O) groups excluding carboxylic acids is 4. The van der Waals surface area contributed by atoms with E-state index in [1.165, 1.54) is 24.3 Å². The molecule has 4 aromatic rings. The Hall–Kier alpha value is -6.95. The minimum atomic E-state index is -1.22. The number of aryl methyl sites for hydroxylation is 1. The second-order valence-corrected chi connectivity index (χ2v) is 13.7. The third-order valence-electron chi connectivity index (χ3n) is 9.02. The molecule has 0 aliphatic carbocycles. The molecule has 1 heterocycles. The number of hydrogen-bond acceptors (Lipinski definition) is 10. The standard InChI is InChI=1S/C40H51N11O7/c1-23-19-34(53)58-33-22-26(13-16-28(23)33)48-36(55)30(9-5-17-46-39(42)43)50-38(57)32(21-24-7-3-2-4-8-24)51-37(56)31(10-6-18-47-40(44)45)49-35(54)29(41)20-25-11-14-27(52)15-12-25/h2-4,7-8,11-16,19,22,29-32,52H,5-6,9-10,17-18,20-21,41H2,1H3,(H,48,55)(H,49,54)(H,50,57)(H,51,56)(H4,42,43,46)(H4,44,45,47)/t29-,30-,31-,32-/m0/s1. The van der Waals surface area contributed by atoms with Gasteiger partial charge in [-0.2, -0.15) is 0 Å². The Balaban J connectivity index is 1.57. The van der Waals surface area contributed by atoms with Crippen molar-refractivity contribution in [2.24, 2.45) is 38.7 Å². The molecule has 0 saturated carbocycles. The van der Waals surface area contributed by atoms with Gasteiger partial charge in [-0.25, -0.2) is 4.79 Å². The largest absolute Gasteiger partial charge is 0.508 e. The number of amides is 4. The smallest absolute Gasteiger partial charge is 0.336 e. The van der Waals surface area contributed by atoms with Crippen LogP contribution >= 0.6 is 0 Å². The van der Waals surface area contributed by atoms with E-state index in [1.54, 1.807) is 61.5 Å². The lowest BCUT2D eigenvalue weighted by Gasteiger charge is -2.26. The average molecular weight is 798 g/mol. The molecule has 0 bridgehead atoms. The lowest BCUT2D eigenvalue weighted by Crippen LogP contribution is -2.58. The summed E-state index contributed by atoms with van der Waals surface area (Å²) in [6, 6.07) is 16.8. The van der Waals surface area contributed by atoms with Crippen molar-refractivity contribution in [2.45, 2.75) is 69.6 Å². The number of hydrogen-bond donors (Lipinski definition) is 10. The van der Waals surface area contributed by atoms with E-state index in [4.69, 9.17) is 33.1 Å². The molecule has 4 amide bonds. The van der Waals surface area contributed by atoms with Gasteiger partial charge in [0.25, 0.3) is 0 Å². The van der Waals surface area contributed by atoms with Gasteiger partial charge in [-0.3, -0.25) is 29.2 Å². The molecule has 18 heteroatoms. The van der Waals surface area contributed by atoms with E-state index in [0.717, 1.165) is 0 Å². The highest BCUT2D eigenvalue weighted by Crippen LogP contribution is 2.21. The Morgan fingerprint density at radius 2 is 1.24 bits per heavy atom. The van der Waals surface area contributed by atoms with Gasteiger partial charge in [0.05, 0.1) is 6.04 Å². The maximum atomic E-state index is 14.2. The van der Waals surface area contributed by atoms with Crippen LogP contribution in [0.5, 0.6) is 5.75 Å². The summed E-state index contributed by atoms with van der Waals surface area (Å²) >= 11 is 0. The minimum absolute atomic E-state index is 0.0266. The monoisotopic (exact) mass is 797 g/mol. The van der Waals surface area contributed by atoms with Crippen molar-refractivity contribution in [3.63, 3.8) is 0 Å². The van der Waals surface area contributed by atoms with Crippen LogP contribution in [-0.4, -0.2) is 77.9 Å². The normalized spacial score (nSPS) is 12.9. The van der Waals surface area contributed by atoms with Crippen LogP contribution in [0.4, 0.5) is 5.69 Å². The van der Waals surface area contributed by atoms with E-state index < -0.39 is 53.4 Å². The van der Waals surface area contributed by atoms with E-state index in [0.29, 0.717) is 34.2 Å². The van der Waals surface area contributed by atoms with Crippen LogP contribution in [0.25, 0.3) is 11.0 Å². The number of guanidine groups is 2. The summed E-state index contributed by atoms with van der Waals surface area (Å²) in [6.45, 7) is 2.10. The molecule has 4 atom stereocenters. The van der Waals surface area contributed by atoms with Crippen LogP contribution in [0.1, 0.15) is 42.4 Å². The number of nitrogens with zero attached hydrogens (tertiary/aromatic N) is 2. The van der Waals surface area contributed by atoms with Gasteiger partial charge in [-0.15, -0.1) is 0 Å². The fourth-order valence-corrected chi connectivity index (χ4v) is 6.04. The Morgan fingerprint density at radius 1 is 0.690 bits per heavy atom. The first-order valence-corrected chi connectivity index (χ1v) is 18.6. The first-order valence-electron chi connectivity index (χ1n) is 18.6. The first-order chi connectivity index (χ1) is 27.7. The number of aliphatic imine (C=N–C) groups is 2. The highest BCUT2D eigenvalue weighted by atomic mass is 16.4. The average Bonchev–Trinajstić information content (AvgIpc) is 3.17. The van der Waals surface area contributed by atoms with E-state index in [2.05, 4.69) is 31.3 Å². The van der Waals surface area contributed by atoms with Crippen LogP contribution < -0.4 is 55.6 Å². The molecule has 0 fully saturated rings. The van der Waals surface area contributed by atoms with Crippen molar-refractivity contribution >= 4 is 52.2 Å². The van der Waals surface area contributed by atoms with Gasteiger partial charge in [0.2, 0.25) is 23.6 Å². The van der Waals surface area contributed by atoms with Crippen LogP contribution in [-0.2, 0) is 32.0 Å². The lowest BCUT2D eigenvalue weighted by atomic mass is 10.0. The van der Waals surface area contributed by atoms with Crippen molar-refractivity contribution < 1.29 is 28.7 Å². The number of carbonyl (C=O) groups is 4. The van der Waals surface area contributed by atoms with Crippen molar-refractivity contribution in [1.82, 2.24) is 16.0 Å². The van der Waals surface area contributed by atoms with Crippen LogP contribution in [0, 0.1) is 6.92 Å². The third-order valence-corrected chi connectivity index (χ3v) is 9.02. The number of fused-ring (bicyclic) bond motifs is 1. The molecule has 0 spiro atoms. The summed E-state index contributed by atoms with van der Waals surface area (Å²) in [5.74, 6) is -2.81. The first kappa shape index (κ1) is 43.8. The number of anilines is 1. The SMILES string of the molecule is Cc1cc(=O)oc2cc(NC(=O)[C@H](CCCN=C(N)N)NC(=O)[C@H](Cc3ccccc3)NC(=O)[C@H](CCCN=C(N)N)NC(=O)[C@@H](N)Cc3ccc(O)cc3)ccc12. The molecule has 3 aromatic carbocycles. The molecule has 0 radical (unpaired) electrons. The molecule has 18 nitrogen and oxygen atoms in total. The molecule has 308 valence electrons. The molecule has 0 aliphatic rings. The molecule has 4 rings (SSSR count). The molecule has 0 unspecified atom stereocenters. The van der Waals surface area contributed by atoms with Crippen molar-refractivity contribution in [3.05, 3.63) is 106 Å². The Labute approximate surface area is 334 Å². The second kappa shape index (κ2) is 21.4. The number of nitrogens with one attached hydrogen (secondary N) is 4. The summed E-state index contributed by atoms with van der Waals surface area (Å²) in [5.41, 5.74) is 30.3. The molecule has 0 aliphatic heterocycles. The molecular formula is C40H51N11O7. The maximum absolute atomic E-state index is 14.2. The quantitative estimate of drug-likeness (QED) is 0.0247. The summed E-state index contributed by atoms with van der Waals surface area (Å²) < 4.78 is 5.33. The van der Waals surface area contributed by atoms with E-state index >= 15 is 0 Å². The number of aromatic hydroxyl groups is 1. The van der Waals surface area contributed by atoms with E-state index in [1.807, 2.05) is 0 Å². The Morgan fingerprint density at radius 3 is 1.86 bits per heavy atom. The number of benzene rings is 3. The van der Waals surface area contributed by atoms with Crippen LogP contribution in [0.2, 0.25) is 0 Å². The lowest BCUT2D eigenvalue weighted by molar-refractivity contribution is -0.133. The highest BCUT2D eigenvalue weighted by molar-refractivity contribution is 6.00. The van der Waals surface area contributed by atoms with Gasteiger partial charge in [0, 0.05) is 42.7 Å². The summed E-state index contributed by atoms with van der Waals surface area (Å²) in [6.07, 6.45) is 0.916. The fourth-order valence-electron chi connectivity index (χ4n) is 6.04. The van der Waals surface area contributed by atoms with Gasteiger partial charge in [0.15, 0.2) is 11.9 Å². The van der Waals surface area contributed by atoms with Crippen LogP contribution in [0.15, 0.2) is 98.1 Å². The van der Waals surface area contributed by atoms with Gasteiger partial charge in [-0.1, -0.05) is 42.5 Å². The van der Waals surface area contributed by atoms with E-state index in [9.17, 15) is 29.1 Å². The zero-order valence-corrected chi connectivity index (χ0v) is 32.1. The maximum Gasteiger partial charge on any atom is 0.336 e. The fraction of sp³-hybridized carbons (Fsp3) is 0.325. The second-order valence-electron chi connectivity index (χ2n) is 13.7. The number of phenolic OH excluding ortho intramolecular Hbond substituents is 1. The Bertz CT molecular complexity index is 2150. The van der Waals surface area contributed by atoms with E-state index in [-0.39, 0.29) is 68.4 Å². The van der Waals surface area contributed by atoms with Crippen LogP contribution in [0.3, 0.4) is 0 Å². The van der Waals surface area contributed by atoms with Crippen molar-refractivity contribution in [2.75, 3.05) is 18.4 Å². The number of rotatable bonds is 20. The summed E-state index contributed by atoms with van der Waals surface area (Å²) in [7, 11) is 0. The number of nitrogens with two attached hydrogens (primary N) is 5. The van der Waals surface area contributed by atoms with Gasteiger partial charge in [0.1, 0.15) is 29.5 Å². The van der Waals surface area contributed by atoms with Crippen molar-refractivity contribution in [1.29, 1.82) is 0 Å². The van der Waals surface area contributed by atoms with Gasteiger partial charge in [-0.05, 0) is 80.0 Å². The third kappa shape index (κ3) is 14.0. The van der Waals surface area contributed by atoms with Crippen molar-refractivity contribution in [3.8, 4) is 5.75 Å². The molecule has 0 saturated heterocycles.